The standard InChI is InChI=1S/C45H76NO9P/c1-3-5-7-9-11-12-13-14-15-16-17-21-24-28-32-36-44(48)52-40-43(41-54-56(50,51)53-39-38-46)55-45(49)37-33-29-25-22-19-18-20-23-27-31-35-42(47)34-30-26-10-8-6-4-2/h6,8,14-15,18-19,23,25-27,29-31,35,42-43,47H,3-5,7,9-13,16-17,20-22,24,28,32-34,36-41,46H2,1-2H3,(H,50,51)/b8-6-,15-14-,19-18-,27-23-,29-25-,30-26-,35-31+. The predicted molar refractivity (Wildman–Crippen MR) is 230 cm³/mol. The highest BCUT2D eigenvalue weighted by Gasteiger charge is 2.25. The number of unbranched alkanes of at least 4 members (excludes halogenated alkanes) is 11. The second-order valence-corrected chi connectivity index (χ2v) is 15.1. The van der Waals surface area contributed by atoms with Crippen LogP contribution in [0.1, 0.15) is 149 Å². The van der Waals surface area contributed by atoms with E-state index in [-0.39, 0.29) is 32.6 Å². The molecule has 11 heteroatoms. The number of rotatable bonds is 38. The van der Waals surface area contributed by atoms with Crippen molar-refractivity contribution in [2.45, 2.75) is 161 Å². The molecule has 0 spiro atoms. The van der Waals surface area contributed by atoms with Crippen molar-refractivity contribution < 1.29 is 42.7 Å². The predicted octanol–water partition coefficient (Wildman–Crippen LogP) is 11.0. The Kier molecular flexibility index (Phi) is 38.3. The second-order valence-electron chi connectivity index (χ2n) is 13.7. The van der Waals surface area contributed by atoms with E-state index in [9.17, 15) is 24.2 Å². The topological polar surface area (TPSA) is 155 Å². The van der Waals surface area contributed by atoms with Gasteiger partial charge in [-0.3, -0.25) is 18.6 Å². The molecule has 0 aromatic heterocycles. The first kappa shape index (κ1) is 53.1. The van der Waals surface area contributed by atoms with Crippen LogP contribution in [-0.2, 0) is 32.7 Å². The van der Waals surface area contributed by atoms with Crippen LogP contribution in [0.25, 0.3) is 0 Å². The molecule has 0 heterocycles. The minimum atomic E-state index is -4.42. The normalized spacial score (nSPS) is 14.7. The third kappa shape index (κ3) is 39.4. The van der Waals surface area contributed by atoms with Gasteiger partial charge in [-0.1, -0.05) is 150 Å². The summed E-state index contributed by atoms with van der Waals surface area (Å²) < 4.78 is 32.6. The fourth-order valence-electron chi connectivity index (χ4n) is 5.21. The average molecular weight is 806 g/mol. The molecule has 4 N–H and O–H groups in total. The molecule has 0 fully saturated rings. The summed E-state index contributed by atoms with van der Waals surface area (Å²) in [5.74, 6) is -0.974. The molecule has 0 saturated carbocycles. The monoisotopic (exact) mass is 806 g/mol. The van der Waals surface area contributed by atoms with E-state index in [1.165, 1.54) is 44.9 Å². The van der Waals surface area contributed by atoms with E-state index < -0.39 is 38.6 Å². The van der Waals surface area contributed by atoms with Gasteiger partial charge in [0, 0.05) is 19.4 Å². The van der Waals surface area contributed by atoms with Crippen LogP contribution in [0.3, 0.4) is 0 Å². The first-order chi connectivity index (χ1) is 27.2. The van der Waals surface area contributed by atoms with Crippen molar-refractivity contribution in [3.63, 3.8) is 0 Å². The van der Waals surface area contributed by atoms with Crippen LogP contribution in [0.15, 0.2) is 85.1 Å². The Morgan fingerprint density at radius 2 is 1.23 bits per heavy atom. The molecule has 0 aromatic rings. The highest BCUT2D eigenvalue weighted by atomic mass is 31.2. The Morgan fingerprint density at radius 1 is 0.643 bits per heavy atom. The number of hydrogen-bond donors (Lipinski definition) is 3. The summed E-state index contributed by atoms with van der Waals surface area (Å²) in [6.07, 6.45) is 46.5. The Bertz CT molecular complexity index is 1210. The molecule has 3 atom stereocenters. The Hall–Kier alpha value is -2.85. The number of ether oxygens (including phenoxy) is 2. The van der Waals surface area contributed by atoms with Crippen molar-refractivity contribution in [3.8, 4) is 0 Å². The van der Waals surface area contributed by atoms with Crippen LogP contribution < -0.4 is 5.73 Å². The van der Waals surface area contributed by atoms with E-state index in [4.69, 9.17) is 24.3 Å². The van der Waals surface area contributed by atoms with E-state index in [2.05, 4.69) is 44.2 Å². The fraction of sp³-hybridized carbons (Fsp3) is 0.644. The van der Waals surface area contributed by atoms with Gasteiger partial charge < -0.3 is 25.2 Å². The number of carbonyl (C=O) groups is 2. The van der Waals surface area contributed by atoms with Crippen molar-refractivity contribution in [1.29, 1.82) is 0 Å². The first-order valence-corrected chi connectivity index (χ1v) is 22.7. The molecule has 0 amide bonds. The minimum absolute atomic E-state index is 0.0282. The molecular formula is C45H76NO9P. The Morgan fingerprint density at radius 3 is 1.91 bits per heavy atom. The van der Waals surface area contributed by atoms with Gasteiger partial charge in [-0.15, -0.1) is 0 Å². The van der Waals surface area contributed by atoms with E-state index in [1.807, 2.05) is 48.6 Å². The Balaban J connectivity index is 4.40. The summed E-state index contributed by atoms with van der Waals surface area (Å²) in [4.78, 5) is 34.8. The lowest BCUT2D eigenvalue weighted by Crippen LogP contribution is -2.29. The third-order valence-corrected chi connectivity index (χ3v) is 9.34. The molecule has 0 rings (SSSR count). The average Bonchev–Trinajstić information content (AvgIpc) is 3.18. The van der Waals surface area contributed by atoms with Gasteiger partial charge in [-0.25, -0.2) is 4.57 Å². The molecule has 3 unspecified atom stereocenters. The lowest BCUT2D eigenvalue weighted by molar-refractivity contribution is -0.161. The van der Waals surface area contributed by atoms with Crippen molar-refractivity contribution in [2.75, 3.05) is 26.4 Å². The largest absolute Gasteiger partial charge is 0.472 e. The van der Waals surface area contributed by atoms with Gasteiger partial charge in [0.1, 0.15) is 6.61 Å². The third-order valence-electron chi connectivity index (χ3n) is 8.36. The van der Waals surface area contributed by atoms with Crippen LogP contribution in [0.2, 0.25) is 0 Å². The molecular weight excluding hydrogens is 729 g/mol. The maximum absolute atomic E-state index is 12.5. The second kappa shape index (κ2) is 40.4. The zero-order valence-corrected chi connectivity index (χ0v) is 35.6. The van der Waals surface area contributed by atoms with Crippen LogP contribution in [-0.4, -0.2) is 60.5 Å². The minimum Gasteiger partial charge on any atom is -0.462 e. The molecule has 0 bridgehead atoms. The van der Waals surface area contributed by atoms with Crippen molar-refractivity contribution in [3.05, 3.63) is 85.1 Å². The molecule has 0 saturated heterocycles. The van der Waals surface area contributed by atoms with E-state index in [0.29, 0.717) is 25.7 Å². The number of phosphoric ester groups is 1. The number of aliphatic hydroxyl groups is 1. The van der Waals surface area contributed by atoms with Gasteiger partial charge in [0.25, 0.3) is 0 Å². The van der Waals surface area contributed by atoms with Gasteiger partial charge in [0.2, 0.25) is 0 Å². The molecule has 0 aliphatic carbocycles. The quantitative estimate of drug-likeness (QED) is 0.0180. The van der Waals surface area contributed by atoms with Crippen LogP contribution in [0.4, 0.5) is 0 Å². The zero-order valence-electron chi connectivity index (χ0n) is 34.7. The molecule has 320 valence electrons. The highest BCUT2D eigenvalue weighted by molar-refractivity contribution is 7.47. The maximum atomic E-state index is 12.5. The van der Waals surface area contributed by atoms with Gasteiger partial charge >= 0.3 is 19.8 Å². The number of nitrogens with two attached hydrogens (primary N) is 1. The summed E-state index contributed by atoms with van der Waals surface area (Å²) in [6.45, 7) is 3.41. The lowest BCUT2D eigenvalue weighted by Gasteiger charge is -2.19. The van der Waals surface area contributed by atoms with Crippen LogP contribution in [0, 0.1) is 0 Å². The fourth-order valence-corrected chi connectivity index (χ4v) is 5.97. The van der Waals surface area contributed by atoms with Gasteiger partial charge in [-0.05, 0) is 70.6 Å². The lowest BCUT2D eigenvalue weighted by atomic mass is 10.1. The van der Waals surface area contributed by atoms with E-state index >= 15 is 0 Å². The summed E-state index contributed by atoms with van der Waals surface area (Å²) >= 11 is 0. The molecule has 56 heavy (non-hydrogen) atoms. The SMILES string of the molecule is CC/C=C\C/C=C\CC(O)/C=C/C=C\C/C=C\C/C=C\CCC(=O)OC(COC(=O)CCCCCCC/C=C\CCCCCCCC)COP(=O)(O)OCCN. The highest BCUT2D eigenvalue weighted by Crippen LogP contribution is 2.43. The molecule has 0 aliphatic heterocycles. The van der Waals surface area contributed by atoms with E-state index in [1.54, 1.807) is 6.08 Å². The van der Waals surface area contributed by atoms with Crippen molar-refractivity contribution in [1.82, 2.24) is 0 Å². The number of carbonyl (C=O) groups excluding carboxylic acids is 2. The summed E-state index contributed by atoms with van der Waals surface area (Å²) in [7, 11) is -4.42. The van der Waals surface area contributed by atoms with Gasteiger partial charge in [0.15, 0.2) is 6.10 Å². The smallest absolute Gasteiger partial charge is 0.462 e. The zero-order chi connectivity index (χ0) is 41.2. The van der Waals surface area contributed by atoms with Crippen LogP contribution in [0.5, 0.6) is 0 Å². The number of phosphoric acid groups is 1. The van der Waals surface area contributed by atoms with Crippen molar-refractivity contribution in [2.24, 2.45) is 5.73 Å². The number of esters is 2. The van der Waals surface area contributed by atoms with Crippen molar-refractivity contribution >= 4 is 19.8 Å². The molecule has 0 radical (unpaired) electrons. The summed E-state index contributed by atoms with van der Waals surface area (Å²) in [5.41, 5.74) is 5.33. The summed E-state index contributed by atoms with van der Waals surface area (Å²) in [6, 6.07) is 0. The van der Waals surface area contributed by atoms with Gasteiger partial charge in [-0.2, -0.15) is 0 Å². The number of allylic oxidation sites excluding steroid dienone is 12. The Labute approximate surface area is 339 Å². The van der Waals surface area contributed by atoms with Crippen LogP contribution >= 0.6 is 7.82 Å². The number of aliphatic hydroxyl groups excluding tert-OH is 1. The summed E-state index contributed by atoms with van der Waals surface area (Å²) in [5, 5.41) is 9.99. The molecule has 10 nitrogen and oxygen atoms in total. The number of hydrogen-bond acceptors (Lipinski definition) is 9. The first-order valence-electron chi connectivity index (χ1n) is 21.2. The molecule has 0 aromatic carbocycles. The maximum Gasteiger partial charge on any atom is 0.472 e. The molecule has 0 aliphatic rings. The van der Waals surface area contributed by atoms with Gasteiger partial charge in [0.05, 0.1) is 19.3 Å². The van der Waals surface area contributed by atoms with E-state index in [0.717, 1.165) is 51.4 Å².